The van der Waals surface area contributed by atoms with E-state index in [2.05, 4.69) is 0 Å². The van der Waals surface area contributed by atoms with Crippen LogP contribution in [0.4, 0.5) is 10.7 Å². The molecule has 7 heteroatoms. The van der Waals surface area contributed by atoms with Gasteiger partial charge in [-0.15, -0.1) is 11.3 Å². The number of anilines is 1. The molecule has 0 amide bonds. The first-order valence-corrected chi connectivity index (χ1v) is 7.08. The predicted molar refractivity (Wildman–Crippen MR) is 73.9 cm³/mol. The summed E-state index contributed by atoms with van der Waals surface area (Å²) in [6.45, 7) is 2.80. The molecule has 0 saturated heterocycles. The van der Waals surface area contributed by atoms with Gasteiger partial charge < -0.3 is 14.7 Å². The van der Waals surface area contributed by atoms with E-state index in [1.165, 1.54) is 17.4 Å². The Balaban J connectivity index is 2.31. The van der Waals surface area contributed by atoms with E-state index in [0.717, 1.165) is 12.8 Å². The van der Waals surface area contributed by atoms with Crippen LogP contribution in [0.2, 0.25) is 0 Å². The first-order valence-electron chi connectivity index (χ1n) is 6.26. The highest BCUT2D eigenvalue weighted by atomic mass is 32.1. The smallest absolute Gasteiger partial charge is 0.304 e. The van der Waals surface area contributed by atoms with Crippen molar-refractivity contribution in [2.45, 2.75) is 31.9 Å². The normalized spacial score (nSPS) is 16.4. The molecule has 1 aromatic heterocycles. The van der Waals surface area contributed by atoms with Gasteiger partial charge in [0.1, 0.15) is 0 Å². The Bertz CT molecular complexity index is 457. The lowest BCUT2D eigenvalue weighted by molar-refractivity contribution is -0.383. The van der Waals surface area contributed by atoms with Crippen LogP contribution in [0.25, 0.3) is 0 Å². The molecule has 106 valence electrons. The third-order valence-electron chi connectivity index (χ3n) is 3.11. The Kier molecular flexibility index (Phi) is 4.38. The number of nitrogens with zero attached hydrogens (tertiary/aromatic N) is 2. The summed E-state index contributed by atoms with van der Waals surface area (Å²) in [7, 11) is 1.62. The van der Waals surface area contributed by atoms with Crippen LogP contribution in [-0.4, -0.2) is 36.3 Å². The fourth-order valence-corrected chi connectivity index (χ4v) is 3.12. The van der Waals surface area contributed by atoms with Crippen LogP contribution in [0.3, 0.4) is 0 Å². The average Bonchev–Trinajstić information content (AvgIpc) is 3.07. The Hall–Kier alpha value is -1.18. The van der Waals surface area contributed by atoms with Crippen molar-refractivity contribution >= 4 is 22.0 Å². The Morgan fingerprint density at radius 3 is 2.84 bits per heavy atom. The molecule has 1 saturated carbocycles. The molecule has 1 fully saturated rings. The largest absolute Gasteiger partial charge is 0.388 e. The number of nitro groups is 1. The second kappa shape index (κ2) is 5.85. The van der Waals surface area contributed by atoms with Gasteiger partial charge >= 0.3 is 5.69 Å². The topological polar surface area (TPSA) is 75.8 Å². The van der Waals surface area contributed by atoms with Crippen molar-refractivity contribution in [1.82, 2.24) is 0 Å². The second-order valence-corrected chi connectivity index (χ2v) is 5.75. The van der Waals surface area contributed by atoms with Crippen molar-refractivity contribution in [2.75, 3.05) is 25.2 Å². The number of aliphatic hydroxyl groups is 1. The second-order valence-electron chi connectivity index (χ2n) is 4.69. The van der Waals surface area contributed by atoms with Gasteiger partial charge in [0, 0.05) is 30.6 Å². The molecule has 0 aromatic carbocycles. The SMILES string of the molecule is COCCN(c1sc([C@@H](C)O)cc1[N+](=O)[O-])C1CC1. The molecule has 6 nitrogen and oxygen atoms in total. The van der Waals surface area contributed by atoms with Crippen molar-refractivity contribution in [3.63, 3.8) is 0 Å². The molecule has 1 heterocycles. The summed E-state index contributed by atoms with van der Waals surface area (Å²) in [5, 5.41) is 21.4. The van der Waals surface area contributed by atoms with E-state index in [0.29, 0.717) is 29.1 Å². The van der Waals surface area contributed by atoms with Crippen LogP contribution in [-0.2, 0) is 4.74 Å². The van der Waals surface area contributed by atoms with Gasteiger partial charge in [0.05, 0.1) is 17.6 Å². The highest BCUT2D eigenvalue weighted by molar-refractivity contribution is 7.16. The summed E-state index contributed by atoms with van der Waals surface area (Å²) in [5.74, 6) is 0. The molecule has 0 aliphatic heterocycles. The first kappa shape index (κ1) is 14.2. The van der Waals surface area contributed by atoms with Gasteiger partial charge in [0.25, 0.3) is 0 Å². The van der Waals surface area contributed by atoms with E-state index < -0.39 is 6.10 Å². The standard InChI is InChI=1S/C12H18N2O4S/c1-8(15)11-7-10(14(16)17)12(19-11)13(5-6-18-2)9-3-4-9/h7-9,15H,3-6H2,1-2H3/t8-/m1/s1. The summed E-state index contributed by atoms with van der Waals surface area (Å²) >= 11 is 1.30. The molecule has 1 aromatic rings. The van der Waals surface area contributed by atoms with Crippen molar-refractivity contribution in [1.29, 1.82) is 0 Å². The van der Waals surface area contributed by atoms with Crippen molar-refractivity contribution in [2.24, 2.45) is 0 Å². The number of hydrogen-bond acceptors (Lipinski definition) is 6. The fraction of sp³-hybridized carbons (Fsp3) is 0.667. The minimum Gasteiger partial charge on any atom is -0.388 e. The highest BCUT2D eigenvalue weighted by Crippen LogP contribution is 2.44. The lowest BCUT2D eigenvalue weighted by Crippen LogP contribution is -2.29. The van der Waals surface area contributed by atoms with Crippen molar-refractivity contribution in [3.8, 4) is 0 Å². The molecule has 0 unspecified atom stereocenters. The van der Waals surface area contributed by atoms with Gasteiger partial charge in [-0.25, -0.2) is 0 Å². The average molecular weight is 286 g/mol. The maximum atomic E-state index is 11.2. The van der Waals surface area contributed by atoms with Crippen LogP contribution in [0.1, 0.15) is 30.7 Å². The molecule has 1 N–H and O–H groups in total. The molecule has 0 radical (unpaired) electrons. The van der Waals surface area contributed by atoms with E-state index in [9.17, 15) is 15.2 Å². The minimum absolute atomic E-state index is 0.0869. The first-order chi connectivity index (χ1) is 9.04. The number of rotatable bonds is 7. The third kappa shape index (κ3) is 3.23. The van der Waals surface area contributed by atoms with E-state index >= 15 is 0 Å². The van der Waals surface area contributed by atoms with Crippen LogP contribution >= 0.6 is 11.3 Å². The summed E-state index contributed by atoms with van der Waals surface area (Å²) in [5.41, 5.74) is 0.0869. The molecule has 0 spiro atoms. The van der Waals surface area contributed by atoms with Crippen molar-refractivity contribution in [3.05, 3.63) is 21.1 Å². The maximum absolute atomic E-state index is 11.2. The van der Waals surface area contributed by atoms with Gasteiger partial charge in [0.2, 0.25) is 0 Å². The zero-order chi connectivity index (χ0) is 14.0. The van der Waals surface area contributed by atoms with Crippen LogP contribution in [0.5, 0.6) is 0 Å². The minimum atomic E-state index is -0.680. The lowest BCUT2D eigenvalue weighted by atomic mass is 10.3. The highest BCUT2D eigenvalue weighted by Gasteiger charge is 2.35. The van der Waals surface area contributed by atoms with E-state index in [-0.39, 0.29) is 10.6 Å². The molecule has 1 atom stereocenters. The Morgan fingerprint density at radius 1 is 1.68 bits per heavy atom. The van der Waals surface area contributed by atoms with Gasteiger partial charge in [-0.1, -0.05) is 0 Å². The zero-order valence-electron chi connectivity index (χ0n) is 11.0. The third-order valence-corrected chi connectivity index (χ3v) is 4.44. The van der Waals surface area contributed by atoms with Crippen LogP contribution in [0.15, 0.2) is 6.07 Å². The fourth-order valence-electron chi connectivity index (χ4n) is 1.96. The number of ether oxygens (including phenoxy) is 1. The zero-order valence-corrected chi connectivity index (χ0v) is 11.9. The summed E-state index contributed by atoms with van der Waals surface area (Å²) in [6.07, 6.45) is 1.44. The van der Waals surface area contributed by atoms with E-state index in [1.54, 1.807) is 14.0 Å². The summed E-state index contributed by atoms with van der Waals surface area (Å²) in [4.78, 5) is 13.4. The number of hydrogen-bond donors (Lipinski definition) is 1. The van der Waals surface area contributed by atoms with Crippen LogP contribution in [0, 0.1) is 10.1 Å². The molecular weight excluding hydrogens is 268 g/mol. The van der Waals surface area contributed by atoms with Gasteiger partial charge in [-0.05, 0) is 19.8 Å². The molecule has 19 heavy (non-hydrogen) atoms. The molecule has 0 bridgehead atoms. The quantitative estimate of drug-likeness (QED) is 0.615. The van der Waals surface area contributed by atoms with Gasteiger partial charge in [0.15, 0.2) is 5.00 Å². The monoisotopic (exact) mass is 286 g/mol. The predicted octanol–water partition coefficient (Wildman–Crippen LogP) is 2.32. The summed E-state index contributed by atoms with van der Waals surface area (Å²) in [6, 6.07) is 1.85. The van der Waals surface area contributed by atoms with Crippen molar-refractivity contribution < 1.29 is 14.8 Å². The molecule has 1 aliphatic rings. The Labute approximate surface area is 115 Å². The maximum Gasteiger partial charge on any atom is 0.304 e. The Morgan fingerprint density at radius 2 is 2.37 bits per heavy atom. The molecular formula is C12H18N2O4S. The van der Waals surface area contributed by atoms with E-state index in [4.69, 9.17) is 4.74 Å². The van der Waals surface area contributed by atoms with Gasteiger partial charge in [-0.2, -0.15) is 0 Å². The molecule has 1 aliphatic carbocycles. The van der Waals surface area contributed by atoms with Gasteiger partial charge in [-0.3, -0.25) is 10.1 Å². The lowest BCUT2D eigenvalue weighted by Gasteiger charge is -2.21. The van der Waals surface area contributed by atoms with Crippen LogP contribution < -0.4 is 4.90 Å². The summed E-state index contributed by atoms with van der Waals surface area (Å²) < 4.78 is 5.07. The number of aliphatic hydroxyl groups excluding tert-OH is 1. The number of methoxy groups -OCH3 is 1. The molecule has 2 rings (SSSR count). The van der Waals surface area contributed by atoms with E-state index in [1.807, 2.05) is 4.90 Å². The number of thiophene rings is 1.